The van der Waals surface area contributed by atoms with Gasteiger partial charge in [0, 0.05) is 11.5 Å². The van der Waals surface area contributed by atoms with Gasteiger partial charge in [0.25, 0.3) is 0 Å². The Morgan fingerprint density at radius 2 is 1.95 bits per heavy atom. The van der Waals surface area contributed by atoms with Crippen LogP contribution in [-0.2, 0) is 4.79 Å². The lowest BCUT2D eigenvalue weighted by Crippen LogP contribution is -2.04. The Morgan fingerprint density at radius 3 is 2.58 bits per heavy atom. The van der Waals surface area contributed by atoms with Crippen molar-refractivity contribution in [2.75, 3.05) is 0 Å². The Morgan fingerprint density at radius 1 is 1.26 bits per heavy atom. The third kappa shape index (κ3) is 2.62. The molecule has 1 unspecified atom stereocenters. The maximum Gasteiger partial charge on any atom is 0.223 e. The molecule has 2 heteroatoms. The molecule has 0 bridgehead atoms. The van der Waals surface area contributed by atoms with Gasteiger partial charge >= 0.3 is 0 Å². The molecule has 1 atom stereocenters. The van der Waals surface area contributed by atoms with E-state index in [1.807, 2.05) is 43.3 Å². The van der Waals surface area contributed by atoms with Crippen molar-refractivity contribution < 1.29 is 9.90 Å². The molecule has 0 aromatic heterocycles. The highest BCUT2D eigenvalue weighted by Crippen LogP contribution is 2.40. The van der Waals surface area contributed by atoms with Crippen molar-refractivity contribution in [3.05, 3.63) is 58.9 Å². The van der Waals surface area contributed by atoms with Crippen LogP contribution in [0.2, 0.25) is 0 Å². The molecule has 2 rings (SSSR count). The van der Waals surface area contributed by atoms with E-state index < -0.39 is 0 Å². The molecule has 0 spiro atoms. The molecule has 100 valence electrons. The fourth-order valence-corrected chi connectivity index (χ4v) is 2.56. The molecule has 0 saturated heterocycles. The summed E-state index contributed by atoms with van der Waals surface area (Å²) in [6.45, 7) is 3.97. The standard InChI is InChI=1S/C17H20O2/c1-3-4-6-11-14-15(12(2)16(18)17(14)19)13-9-7-5-8-10-13/h5,7-11,15,18H,3-4,6H2,1-2H3/b14-11-. The number of aliphatic hydroxyl groups excluding tert-OH is 1. The summed E-state index contributed by atoms with van der Waals surface area (Å²) in [6.07, 6.45) is 5.06. The normalized spacial score (nSPS) is 21.5. The number of carbonyl (C=O) groups excluding carboxylic acids is 1. The van der Waals surface area contributed by atoms with Gasteiger partial charge in [-0.05, 0) is 24.5 Å². The average molecular weight is 256 g/mol. The number of benzene rings is 1. The van der Waals surface area contributed by atoms with Gasteiger partial charge in [0.05, 0.1) is 0 Å². The van der Waals surface area contributed by atoms with Gasteiger partial charge in [0.1, 0.15) is 0 Å². The first-order valence-electron chi connectivity index (χ1n) is 6.86. The zero-order chi connectivity index (χ0) is 13.8. The van der Waals surface area contributed by atoms with Crippen LogP contribution in [0.4, 0.5) is 0 Å². The minimum atomic E-state index is -0.206. The molecular weight excluding hydrogens is 236 g/mol. The maximum absolute atomic E-state index is 12.1. The largest absolute Gasteiger partial charge is 0.504 e. The molecule has 1 aliphatic carbocycles. The van der Waals surface area contributed by atoms with Crippen molar-refractivity contribution in [1.82, 2.24) is 0 Å². The van der Waals surface area contributed by atoms with Crippen molar-refractivity contribution in [2.45, 2.75) is 39.0 Å². The first-order chi connectivity index (χ1) is 9.16. The summed E-state index contributed by atoms with van der Waals surface area (Å²) in [5, 5.41) is 9.91. The van der Waals surface area contributed by atoms with Crippen molar-refractivity contribution in [2.24, 2.45) is 0 Å². The third-order valence-electron chi connectivity index (χ3n) is 3.65. The van der Waals surface area contributed by atoms with Gasteiger partial charge in [-0.15, -0.1) is 0 Å². The van der Waals surface area contributed by atoms with E-state index in [1.54, 1.807) is 0 Å². The lowest BCUT2D eigenvalue weighted by Gasteiger charge is -2.13. The number of aliphatic hydroxyl groups is 1. The van der Waals surface area contributed by atoms with E-state index >= 15 is 0 Å². The lowest BCUT2D eigenvalue weighted by molar-refractivity contribution is -0.114. The van der Waals surface area contributed by atoms with Gasteiger partial charge in [-0.1, -0.05) is 56.2 Å². The zero-order valence-electron chi connectivity index (χ0n) is 11.5. The van der Waals surface area contributed by atoms with Crippen molar-refractivity contribution in [1.29, 1.82) is 0 Å². The number of unbranched alkanes of at least 4 members (excludes halogenated alkanes) is 2. The van der Waals surface area contributed by atoms with Gasteiger partial charge in [0.2, 0.25) is 5.78 Å². The molecule has 1 N–H and O–H groups in total. The summed E-state index contributed by atoms with van der Waals surface area (Å²) in [5.74, 6) is -0.357. The predicted octanol–water partition coefficient (Wildman–Crippen LogP) is 4.30. The van der Waals surface area contributed by atoms with Crippen LogP contribution < -0.4 is 0 Å². The van der Waals surface area contributed by atoms with Gasteiger partial charge in [-0.25, -0.2) is 0 Å². The second kappa shape index (κ2) is 5.87. The van der Waals surface area contributed by atoms with Crippen LogP contribution >= 0.6 is 0 Å². The fourth-order valence-electron chi connectivity index (χ4n) is 2.56. The van der Waals surface area contributed by atoms with Gasteiger partial charge in [0.15, 0.2) is 5.76 Å². The van der Waals surface area contributed by atoms with E-state index in [2.05, 4.69) is 6.92 Å². The third-order valence-corrected chi connectivity index (χ3v) is 3.65. The number of hydrogen-bond acceptors (Lipinski definition) is 2. The van der Waals surface area contributed by atoms with Gasteiger partial charge < -0.3 is 5.11 Å². The molecule has 0 saturated carbocycles. The molecule has 0 amide bonds. The van der Waals surface area contributed by atoms with E-state index in [0.29, 0.717) is 0 Å². The fraction of sp³-hybridized carbons (Fsp3) is 0.353. The van der Waals surface area contributed by atoms with E-state index in [1.165, 1.54) is 0 Å². The monoisotopic (exact) mass is 256 g/mol. The zero-order valence-corrected chi connectivity index (χ0v) is 11.5. The van der Waals surface area contributed by atoms with E-state index in [4.69, 9.17) is 0 Å². The summed E-state index contributed by atoms with van der Waals surface area (Å²) < 4.78 is 0. The first-order valence-corrected chi connectivity index (χ1v) is 6.86. The number of rotatable bonds is 4. The summed E-state index contributed by atoms with van der Waals surface area (Å²) in [7, 11) is 0. The second-order valence-electron chi connectivity index (χ2n) is 5.01. The van der Waals surface area contributed by atoms with Crippen LogP contribution in [0, 0.1) is 0 Å². The predicted molar refractivity (Wildman–Crippen MR) is 77.1 cm³/mol. The number of Topliss-reactive ketones (excluding diaryl/α,β-unsaturated/α-hetero) is 1. The van der Waals surface area contributed by atoms with E-state index in [0.717, 1.165) is 36.0 Å². The maximum atomic E-state index is 12.1. The summed E-state index contributed by atoms with van der Waals surface area (Å²) in [4.78, 5) is 12.1. The smallest absolute Gasteiger partial charge is 0.223 e. The van der Waals surface area contributed by atoms with Crippen LogP contribution in [0.3, 0.4) is 0 Å². The van der Waals surface area contributed by atoms with E-state index in [9.17, 15) is 9.90 Å². The van der Waals surface area contributed by atoms with Crippen molar-refractivity contribution >= 4 is 5.78 Å². The first kappa shape index (κ1) is 13.6. The highest BCUT2D eigenvalue weighted by atomic mass is 16.3. The van der Waals surface area contributed by atoms with Crippen LogP contribution in [0.25, 0.3) is 0 Å². The number of carbonyl (C=O) groups is 1. The Labute approximate surface area is 114 Å². The quantitative estimate of drug-likeness (QED) is 0.644. The molecular formula is C17H20O2. The SMILES string of the molecule is CCCC/C=C1\C(=O)C(O)=C(C)C1c1ccccc1. The molecule has 0 radical (unpaired) electrons. The number of ketones is 1. The molecule has 2 nitrogen and oxygen atoms in total. The topological polar surface area (TPSA) is 37.3 Å². The van der Waals surface area contributed by atoms with Crippen LogP contribution in [0.5, 0.6) is 0 Å². The molecule has 0 aliphatic heterocycles. The Bertz CT molecular complexity index is 523. The molecule has 19 heavy (non-hydrogen) atoms. The lowest BCUT2D eigenvalue weighted by atomic mass is 9.88. The van der Waals surface area contributed by atoms with Crippen LogP contribution in [-0.4, -0.2) is 10.9 Å². The molecule has 0 fully saturated rings. The Hall–Kier alpha value is -1.83. The average Bonchev–Trinajstić information content (AvgIpc) is 2.65. The number of hydrogen-bond donors (Lipinski definition) is 1. The number of allylic oxidation sites excluding steroid dienone is 3. The van der Waals surface area contributed by atoms with E-state index in [-0.39, 0.29) is 17.5 Å². The minimum absolute atomic E-state index is 0.0726. The van der Waals surface area contributed by atoms with Gasteiger partial charge in [-0.3, -0.25) is 4.79 Å². The molecule has 1 aromatic carbocycles. The van der Waals surface area contributed by atoms with Gasteiger partial charge in [-0.2, -0.15) is 0 Å². The molecule has 0 heterocycles. The van der Waals surface area contributed by atoms with Crippen molar-refractivity contribution in [3.8, 4) is 0 Å². The molecule has 1 aromatic rings. The molecule has 1 aliphatic rings. The van der Waals surface area contributed by atoms with Crippen LogP contribution in [0.1, 0.15) is 44.6 Å². The second-order valence-corrected chi connectivity index (χ2v) is 5.01. The Kier molecular flexibility index (Phi) is 4.20. The summed E-state index contributed by atoms with van der Waals surface area (Å²) in [5.41, 5.74) is 2.56. The minimum Gasteiger partial charge on any atom is -0.504 e. The van der Waals surface area contributed by atoms with Crippen LogP contribution in [0.15, 0.2) is 53.3 Å². The highest BCUT2D eigenvalue weighted by molar-refractivity contribution is 6.11. The highest BCUT2D eigenvalue weighted by Gasteiger charge is 2.35. The van der Waals surface area contributed by atoms with Crippen molar-refractivity contribution in [3.63, 3.8) is 0 Å². The summed E-state index contributed by atoms with van der Waals surface area (Å²) in [6, 6.07) is 9.90. The summed E-state index contributed by atoms with van der Waals surface area (Å²) >= 11 is 0. The Balaban J connectivity index is 2.37.